The average molecular weight is 737 g/mol. The van der Waals surface area contributed by atoms with Crippen molar-refractivity contribution >= 4 is 17.9 Å². The van der Waals surface area contributed by atoms with Gasteiger partial charge in [0.25, 0.3) is 0 Å². The van der Waals surface area contributed by atoms with Gasteiger partial charge in [-0.1, -0.05) is 208 Å². The highest BCUT2D eigenvalue weighted by atomic mass is 16.6. The molecule has 0 amide bonds. The van der Waals surface area contributed by atoms with E-state index in [0.29, 0.717) is 19.3 Å². The molecule has 0 spiro atoms. The first-order valence-corrected chi connectivity index (χ1v) is 22.8. The van der Waals surface area contributed by atoms with Crippen molar-refractivity contribution in [1.82, 2.24) is 0 Å². The normalized spacial score (nSPS) is 12.6. The Morgan fingerprint density at radius 3 is 1.10 bits per heavy atom. The molecule has 2 atom stereocenters. The van der Waals surface area contributed by atoms with Gasteiger partial charge in [-0.25, -0.2) is 0 Å². The topological polar surface area (TPSA) is 78.9 Å². The predicted octanol–water partition coefficient (Wildman–Crippen LogP) is 14.2. The second-order valence-corrected chi connectivity index (χ2v) is 16.4. The van der Waals surface area contributed by atoms with Crippen LogP contribution >= 0.6 is 0 Å². The molecule has 1 unspecified atom stereocenters. The molecule has 0 aromatic rings. The number of carbonyl (C=O) groups excluding carboxylic acids is 3. The van der Waals surface area contributed by atoms with E-state index in [1.54, 1.807) is 0 Å². The largest absolute Gasteiger partial charge is 0.462 e. The third-order valence-corrected chi connectivity index (χ3v) is 10.6. The Morgan fingerprint density at radius 1 is 0.404 bits per heavy atom. The van der Waals surface area contributed by atoms with Gasteiger partial charge in [0.15, 0.2) is 6.10 Å². The van der Waals surface area contributed by atoms with Crippen LogP contribution in [0.4, 0.5) is 0 Å². The van der Waals surface area contributed by atoms with Crippen LogP contribution in [0.5, 0.6) is 0 Å². The summed E-state index contributed by atoms with van der Waals surface area (Å²) in [5.74, 6) is 0.748. The van der Waals surface area contributed by atoms with Gasteiger partial charge in [-0.05, 0) is 31.1 Å². The summed E-state index contributed by atoms with van der Waals surface area (Å²) in [6, 6.07) is 0. The SMILES string of the molecule is CCCCCCCCCCCCCCCC(=O)O[C@@H](COC(=O)CCCCCCCCCCC(C)CC)COC(=O)CCCCCCCCC(C)C. The maximum absolute atomic E-state index is 12.7. The smallest absolute Gasteiger partial charge is 0.306 e. The molecular formula is C46H88O6. The maximum Gasteiger partial charge on any atom is 0.306 e. The van der Waals surface area contributed by atoms with E-state index in [1.807, 2.05) is 0 Å². The van der Waals surface area contributed by atoms with Crippen LogP contribution in [0.3, 0.4) is 0 Å². The molecule has 0 fully saturated rings. The minimum Gasteiger partial charge on any atom is -0.462 e. The van der Waals surface area contributed by atoms with Crippen molar-refractivity contribution in [2.24, 2.45) is 11.8 Å². The van der Waals surface area contributed by atoms with E-state index in [-0.39, 0.29) is 31.1 Å². The van der Waals surface area contributed by atoms with E-state index in [1.165, 1.54) is 135 Å². The number of esters is 3. The minimum absolute atomic E-state index is 0.0660. The van der Waals surface area contributed by atoms with Gasteiger partial charge in [0, 0.05) is 19.3 Å². The molecule has 0 aliphatic rings. The van der Waals surface area contributed by atoms with Crippen LogP contribution in [0, 0.1) is 11.8 Å². The van der Waals surface area contributed by atoms with E-state index < -0.39 is 6.10 Å². The van der Waals surface area contributed by atoms with Crippen LogP contribution in [-0.4, -0.2) is 37.2 Å². The summed E-state index contributed by atoms with van der Waals surface area (Å²) < 4.78 is 16.7. The molecule has 0 N–H and O–H groups in total. The molecule has 0 aliphatic carbocycles. The Bertz CT molecular complexity index is 796. The standard InChI is InChI=1S/C46H88O6/c1-6-8-9-10-11-12-13-14-15-16-21-28-33-38-46(49)52-43(40-51-45(48)37-32-27-23-22-24-29-34-41(3)4)39-50-44(47)36-31-26-20-18-17-19-25-30-35-42(5)7-2/h41-43H,6-40H2,1-5H3/t42?,43-/m0/s1. The summed E-state index contributed by atoms with van der Waals surface area (Å²) in [6.45, 7) is 11.3. The second-order valence-electron chi connectivity index (χ2n) is 16.4. The Labute approximate surface area is 323 Å². The van der Waals surface area contributed by atoms with Crippen molar-refractivity contribution in [1.29, 1.82) is 0 Å². The van der Waals surface area contributed by atoms with Gasteiger partial charge < -0.3 is 14.2 Å². The maximum atomic E-state index is 12.7. The Morgan fingerprint density at radius 2 is 0.731 bits per heavy atom. The predicted molar refractivity (Wildman–Crippen MR) is 220 cm³/mol. The average Bonchev–Trinajstić information content (AvgIpc) is 3.12. The van der Waals surface area contributed by atoms with E-state index in [0.717, 1.165) is 69.6 Å². The van der Waals surface area contributed by atoms with Crippen molar-refractivity contribution in [3.63, 3.8) is 0 Å². The van der Waals surface area contributed by atoms with Gasteiger partial charge in [0.2, 0.25) is 0 Å². The molecule has 0 saturated heterocycles. The number of ether oxygens (including phenoxy) is 3. The van der Waals surface area contributed by atoms with Gasteiger partial charge in [0.1, 0.15) is 13.2 Å². The summed E-state index contributed by atoms with van der Waals surface area (Å²) in [4.78, 5) is 37.7. The third-order valence-electron chi connectivity index (χ3n) is 10.6. The van der Waals surface area contributed by atoms with Crippen molar-refractivity contribution in [3.05, 3.63) is 0 Å². The van der Waals surface area contributed by atoms with Gasteiger partial charge >= 0.3 is 17.9 Å². The zero-order valence-corrected chi connectivity index (χ0v) is 35.4. The molecule has 6 nitrogen and oxygen atoms in total. The van der Waals surface area contributed by atoms with Gasteiger partial charge in [-0.3, -0.25) is 14.4 Å². The lowest BCUT2D eigenvalue weighted by atomic mass is 9.99. The number of hydrogen-bond donors (Lipinski definition) is 0. The number of rotatable bonds is 40. The number of carbonyl (C=O) groups is 3. The van der Waals surface area contributed by atoms with Gasteiger partial charge in [0.05, 0.1) is 0 Å². The summed E-state index contributed by atoms with van der Waals surface area (Å²) in [7, 11) is 0. The molecule has 0 aromatic heterocycles. The quantitative estimate of drug-likeness (QED) is 0.0354. The molecular weight excluding hydrogens is 648 g/mol. The fourth-order valence-corrected chi connectivity index (χ4v) is 6.72. The first-order chi connectivity index (χ1) is 25.3. The zero-order valence-electron chi connectivity index (χ0n) is 35.4. The summed E-state index contributed by atoms with van der Waals surface area (Å²) >= 11 is 0. The summed E-state index contributed by atoms with van der Waals surface area (Å²) in [5.41, 5.74) is 0. The Hall–Kier alpha value is -1.59. The van der Waals surface area contributed by atoms with Gasteiger partial charge in [-0.15, -0.1) is 0 Å². The van der Waals surface area contributed by atoms with E-state index >= 15 is 0 Å². The van der Waals surface area contributed by atoms with E-state index in [9.17, 15) is 14.4 Å². The molecule has 6 heteroatoms. The molecule has 0 rings (SSSR count). The molecule has 0 aliphatic heterocycles. The number of unbranched alkanes of at least 4 members (excludes halogenated alkanes) is 24. The minimum atomic E-state index is -0.761. The van der Waals surface area contributed by atoms with Crippen LogP contribution < -0.4 is 0 Å². The lowest BCUT2D eigenvalue weighted by Gasteiger charge is -2.18. The molecule has 0 bridgehead atoms. The monoisotopic (exact) mass is 737 g/mol. The first kappa shape index (κ1) is 50.4. The van der Waals surface area contributed by atoms with E-state index in [2.05, 4.69) is 34.6 Å². The van der Waals surface area contributed by atoms with Crippen LogP contribution in [0.1, 0.15) is 247 Å². The highest BCUT2D eigenvalue weighted by Gasteiger charge is 2.19. The highest BCUT2D eigenvalue weighted by molar-refractivity contribution is 5.71. The van der Waals surface area contributed by atoms with Crippen molar-refractivity contribution in [2.45, 2.75) is 253 Å². The van der Waals surface area contributed by atoms with Crippen LogP contribution in [-0.2, 0) is 28.6 Å². The molecule has 308 valence electrons. The Balaban J connectivity index is 4.34. The van der Waals surface area contributed by atoms with Crippen LogP contribution in [0.15, 0.2) is 0 Å². The Kier molecular flexibility index (Phi) is 37.9. The van der Waals surface area contributed by atoms with Crippen LogP contribution in [0.25, 0.3) is 0 Å². The molecule has 0 heterocycles. The number of hydrogen-bond acceptors (Lipinski definition) is 6. The fourth-order valence-electron chi connectivity index (χ4n) is 6.72. The molecule has 52 heavy (non-hydrogen) atoms. The molecule has 0 saturated carbocycles. The second kappa shape index (κ2) is 39.1. The zero-order chi connectivity index (χ0) is 38.3. The van der Waals surface area contributed by atoms with Crippen molar-refractivity contribution in [3.8, 4) is 0 Å². The third kappa shape index (κ3) is 38.1. The van der Waals surface area contributed by atoms with Crippen molar-refractivity contribution < 1.29 is 28.6 Å². The van der Waals surface area contributed by atoms with Gasteiger partial charge in [-0.2, -0.15) is 0 Å². The van der Waals surface area contributed by atoms with Crippen molar-refractivity contribution in [2.75, 3.05) is 13.2 Å². The lowest BCUT2D eigenvalue weighted by Crippen LogP contribution is -2.30. The molecule has 0 aromatic carbocycles. The lowest BCUT2D eigenvalue weighted by molar-refractivity contribution is -0.167. The fraction of sp³-hybridized carbons (Fsp3) is 0.935. The van der Waals surface area contributed by atoms with E-state index in [4.69, 9.17) is 14.2 Å². The highest BCUT2D eigenvalue weighted by Crippen LogP contribution is 2.17. The summed E-state index contributed by atoms with van der Waals surface area (Å²) in [5, 5.41) is 0. The van der Waals surface area contributed by atoms with Crippen LogP contribution in [0.2, 0.25) is 0 Å². The molecule has 0 radical (unpaired) electrons. The summed E-state index contributed by atoms with van der Waals surface area (Å²) in [6.07, 6.45) is 36.6. The first-order valence-electron chi connectivity index (χ1n) is 22.8.